The largest absolute Gasteiger partial charge is 0.481 e. The number of nitrogens with one attached hydrogen (secondary N) is 4. The zero-order chi connectivity index (χ0) is 26.7. The summed E-state index contributed by atoms with van der Waals surface area (Å²) < 4.78 is 0. The van der Waals surface area contributed by atoms with Crippen molar-refractivity contribution in [3.05, 3.63) is 18.2 Å². The molecule has 4 amide bonds. The number of hydrogen-bond acceptors (Lipinski definition) is 8. The molecule has 1 rings (SSSR count). The van der Waals surface area contributed by atoms with Gasteiger partial charge in [-0.25, -0.2) is 9.78 Å². The minimum Gasteiger partial charge on any atom is -0.481 e. The summed E-state index contributed by atoms with van der Waals surface area (Å²) in [6.07, 6.45) is 1.09. The second-order valence-electron chi connectivity index (χ2n) is 8.18. The molecule has 15 nitrogen and oxygen atoms in total. The van der Waals surface area contributed by atoms with Crippen LogP contribution in [0.2, 0.25) is 0 Å². The molecular formula is C20H31N7O8. The number of imidazole rings is 1. The zero-order valence-corrected chi connectivity index (χ0v) is 19.3. The number of carbonyl (C=O) groups excluding carboxylic acids is 4. The number of carboxylic acids is 2. The molecule has 35 heavy (non-hydrogen) atoms. The van der Waals surface area contributed by atoms with Crippen molar-refractivity contribution in [1.29, 1.82) is 0 Å². The molecule has 0 bridgehead atoms. The molecular weight excluding hydrogens is 466 g/mol. The molecule has 4 atom stereocenters. The summed E-state index contributed by atoms with van der Waals surface area (Å²) in [5.74, 6) is -6.64. The summed E-state index contributed by atoms with van der Waals surface area (Å²) in [5, 5.41) is 25.4. The van der Waals surface area contributed by atoms with Crippen molar-refractivity contribution >= 4 is 35.6 Å². The van der Waals surface area contributed by atoms with Gasteiger partial charge in [-0.3, -0.25) is 24.0 Å². The van der Waals surface area contributed by atoms with Crippen LogP contribution in [0.25, 0.3) is 0 Å². The van der Waals surface area contributed by atoms with Gasteiger partial charge >= 0.3 is 11.9 Å². The van der Waals surface area contributed by atoms with Gasteiger partial charge in [0.15, 0.2) is 0 Å². The molecule has 0 saturated carbocycles. The van der Waals surface area contributed by atoms with Crippen molar-refractivity contribution in [1.82, 2.24) is 25.9 Å². The van der Waals surface area contributed by atoms with E-state index < -0.39 is 66.2 Å². The van der Waals surface area contributed by atoms with Crippen LogP contribution in [0.4, 0.5) is 0 Å². The normalized spacial score (nSPS) is 14.3. The van der Waals surface area contributed by atoms with Crippen LogP contribution in [0.1, 0.15) is 38.8 Å². The lowest BCUT2D eigenvalue weighted by molar-refractivity contribution is -0.143. The van der Waals surface area contributed by atoms with Crippen molar-refractivity contribution in [3.63, 3.8) is 0 Å². The van der Waals surface area contributed by atoms with Crippen molar-refractivity contribution in [2.24, 2.45) is 17.4 Å². The van der Waals surface area contributed by atoms with Gasteiger partial charge in [-0.2, -0.15) is 0 Å². The number of H-pyrrole nitrogens is 1. The Bertz CT molecular complexity index is 919. The Balaban J connectivity index is 3.03. The summed E-state index contributed by atoms with van der Waals surface area (Å²) in [6.45, 7) is 3.31. The Labute approximate surface area is 200 Å². The topological polar surface area (TPSA) is 260 Å². The van der Waals surface area contributed by atoms with Gasteiger partial charge in [0.25, 0.3) is 0 Å². The van der Waals surface area contributed by atoms with Gasteiger partial charge < -0.3 is 42.6 Å². The van der Waals surface area contributed by atoms with Crippen LogP contribution in [0.3, 0.4) is 0 Å². The second kappa shape index (κ2) is 13.6. The van der Waals surface area contributed by atoms with Crippen LogP contribution in [0.5, 0.6) is 0 Å². The zero-order valence-electron chi connectivity index (χ0n) is 19.3. The Morgan fingerprint density at radius 2 is 1.54 bits per heavy atom. The van der Waals surface area contributed by atoms with E-state index in [-0.39, 0.29) is 25.2 Å². The number of rotatable bonds is 15. The Kier molecular flexibility index (Phi) is 11.3. The predicted molar refractivity (Wildman–Crippen MR) is 119 cm³/mol. The highest BCUT2D eigenvalue weighted by molar-refractivity contribution is 5.95. The fourth-order valence-corrected chi connectivity index (χ4v) is 2.87. The molecule has 15 heteroatoms. The van der Waals surface area contributed by atoms with Gasteiger partial charge in [0, 0.05) is 24.7 Å². The van der Waals surface area contributed by atoms with Crippen LogP contribution in [-0.4, -0.2) is 79.9 Å². The quantitative estimate of drug-likeness (QED) is 0.123. The van der Waals surface area contributed by atoms with Gasteiger partial charge in [0.2, 0.25) is 23.6 Å². The fraction of sp³-hybridized carbons (Fsp3) is 0.550. The third-order valence-corrected chi connectivity index (χ3v) is 4.94. The number of carbonyl (C=O) groups is 6. The molecule has 0 spiro atoms. The SMILES string of the molecule is CC(C)C(N)C(=O)NC(CC(=O)O)C(=O)NC(CCC(N)=O)C(=O)NC(Cc1cnc[nH]1)C(=O)O. The highest BCUT2D eigenvalue weighted by Crippen LogP contribution is 2.05. The van der Waals surface area contributed by atoms with E-state index in [1.165, 1.54) is 12.5 Å². The van der Waals surface area contributed by atoms with Crippen molar-refractivity contribution in [2.45, 2.75) is 63.7 Å². The predicted octanol–water partition coefficient (Wildman–Crippen LogP) is -2.79. The van der Waals surface area contributed by atoms with E-state index in [4.69, 9.17) is 16.6 Å². The van der Waals surface area contributed by atoms with Gasteiger partial charge in [0.05, 0.1) is 18.8 Å². The number of aromatic amines is 1. The minimum atomic E-state index is -1.59. The average molecular weight is 498 g/mol. The van der Waals surface area contributed by atoms with Crippen LogP contribution in [0, 0.1) is 5.92 Å². The van der Waals surface area contributed by atoms with Gasteiger partial charge in [0.1, 0.15) is 18.1 Å². The smallest absolute Gasteiger partial charge is 0.326 e. The van der Waals surface area contributed by atoms with Gasteiger partial charge in [-0.1, -0.05) is 13.8 Å². The molecule has 0 fully saturated rings. The van der Waals surface area contributed by atoms with E-state index in [0.29, 0.717) is 5.69 Å². The number of nitrogens with zero attached hydrogens (tertiary/aromatic N) is 1. The molecule has 1 aromatic rings. The maximum atomic E-state index is 12.8. The Morgan fingerprint density at radius 1 is 0.971 bits per heavy atom. The van der Waals surface area contributed by atoms with E-state index in [0.717, 1.165) is 0 Å². The average Bonchev–Trinajstić information content (AvgIpc) is 3.27. The first-order valence-electron chi connectivity index (χ1n) is 10.7. The molecule has 0 saturated heterocycles. The summed E-state index contributed by atoms with van der Waals surface area (Å²) in [6, 6.07) is -5.47. The highest BCUT2D eigenvalue weighted by Gasteiger charge is 2.32. The molecule has 4 unspecified atom stereocenters. The number of primary amides is 1. The number of aromatic nitrogens is 2. The number of amides is 4. The molecule has 0 aliphatic carbocycles. The summed E-state index contributed by atoms with van der Waals surface area (Å²) in [5.41, 5.74) is 11.3. The lowest BCUT2D eigenvalue weighted by Gasteiger charge is -2.25. The Morgan fingerprint density at radius 3 is 2.03 bits per heavy atom. The lowest BCUT2D eigenvalue weighted by Crippen LogP contribution is -2.58. The molecule has 1 aromatic heterocycles. The first kappa shape index (κ1) is 29.0. The molecule has 10 N–H and O–H groups in total. The van der Waals surface area contributed by atoms with E-state index in [9.17, 15) is 33.9 Å². The molecule has 0 radical (unpaired) electrons. The van der Waals surface area contributed by atoms with Crippen LogP contribution in [-0.2, 0) is 35.2 Å². The number of aliphatic carboxylic acids is 2. The molecule has 1 heterocycles. The number of nitrogens with two attached hydrogens (primary N) is 2. The highest BCUT2D eigenvalue weighted by atomic mass is 16.4. The third kappa shape index (κ3) is 10.2. The minimum absolute atomic E-state index is 0.150. The van der Waals surface area contributed by atoms with E-state index >= 15 is 0 Å². The summed E-state index contributed by atoms with van der Waals surface area (Å²) >= 11 is 0. The van der Waals surface area contributed by atoms with Crippen molar-refractivity contribution < 1.29 is 39.0 Å². The standard InChI is InChI=1S/C20H31N7O8/c1-9(2)16(22)19(33)26-12(6-15(29)30)18(32)25-11(3-4-14(21)28)17(31)27-13(20(34)35)5-10-7-23-8-24-10/h7-9,11-13,16H,3-6,22H2,1-2H3,(H2,21,28)(H,23,24)(H,25,32)(H,26,33)(H,27,31)(H,29,30)(H,34,35). The lowest BCUT2D eigenvalue weighted by atomic mass is 10.0. The van der Waals surface area contributed by atoms with E-state index in [2.05, 4.69) is 25.9 Å². The summed E-state index contributed by atoms with van der Waals surface area (Å²) in [4.78, 5) is 78.4. The maximum Gasteiger partial charge on any atom is 0.326 e. The first-order chi connectivity index (χ1) is 16.3. The van der Waals surface area contributed by atoms with Gasteiger partial charge in [-0.15, -0.1) is 0 Å². The summed E-state index contributed by atoms with van der Waals surface area (Å²) in [7, 11) is 0. The van der Waals surface area contributed by atoms with Crippen LogP contribution < -0.4 is 27.4 Å². The second-order valence-corrected chi connectivity index (χ2v) is 8.18. The maximum absolute atomic E-state index is 12.8. The monoisotopic (exact) mass is 497 g/mol. The fourth-order valence-electron chi connectivity index (χ4n) is 2.87. The van der Waals surface area contributed by atoms with Crippen LogP contribution in [0.15, 0.2) is 12.5 Å². The van der Waals surface area contributed by atoms with Crippen molar-refractivity contribution in [2.75, 3.05) is 0 Å². The van der Waals surface area contributed by atoms with Gasteiger partial charge in [-0.05, 0) is 12.3 Å². The molecule has 0 aliphatic rings. The Hall–Kier alpha value is -4.01. The molecule has 194 valence electrons. The van der Waals surface area contributed by atoms with E-state index in [1.54, 1.807) is 13.8 Å². The number of carboxylic acid groups (broad SMARTS) is 2. The van der Waals surface area contributed by atoms with Crippen LogP contribution >= 0.6 is 0 Å². The van der Waals surface area contributed by atoms with E-state index in [1.807, 2.05) is 0 Å². The molecule has 0 aliphatic heterocycles. The number of hydrogen-bond donors (Lipinski definition) is 8. The third-order valence-electron chi connectivity index (χ3n) is 4.94. The first-order valence-corrected chi connectivity index (χ1v) is 10.7. The molecule has 0 aromatic carbocycles. The van der Waals surface area contributed by atoms with Crippen molar-refractivity contribution in [3.8, 4) is 0 Å².